The topological polar surface area (TPSA) is 12.5 Å². The van der Waals surface area contributed by atoms with Gasteiger partial charge in [-0.15, -0.1) is 0 Å². The van der Waals surface area contributed by atoms with Gasteiger partial charge >= 0.3 is 0 Å². The molecule has 0 radical (unpaired) electrons. The van der Waals surface area contributed by atoms with Crippen molar-refractivity contribution in [2.45, 2.75) is 12.2 Å². The van der Waals surface area contributed by atoms with Gasteiger partial charge in [0.1, 0.15) is 12.2 Å². The first kappa shape index (κ1) is 11.0. The molecular formula is C22H12O. The van der Waals surface area contributed by atoms with Crippen LogP contribution < -0.4 is 0 Å². The summed E-state index contributed by atoms with van der Waals surface area (Å²) in [5, 5.41) is 11.1. The molecule has 1 heterocycles. The quantitative estimate of drug-likeness (QED) is 0.198. The maximum absolute atomic E-state index is 6.04. The summed E-state index contributed by atoms with van der Waals surface area (Å²) in [5.41, 5.74) is 2.75. The number of hydrogen-bond acceptors (Lipinski definition) is 1. The molecule has 0 saturated carbocycles. The molecule has 1 nitrogen and oxygen atoms in total. The van der Waals surface area contributed by atoms with Crippen molar-refractivity contribution < 1.29 is 4.74 Å². The van der Waals surface area contributed by atoms with Gasteiger partial charge in [-0.3, -0.25) is 0 Å². The van der Waals surface area contributed by atoms with E-state index in [1.165, 1.54) is 54.2 Å². The number of fused-ring (bicyclic) bond motifs is 4. The van der Waals surface area contributed by atoms with Crippen molar-refractivity contribution in [1.29, 1.82) is 0 Å². The van der Waals surface area contributed by atoms with E-state index in [0.29, 0.717) is 0 Å². The molecular weight excluding hydrogens is 280 g/mol. The summed E-state index contributed by atoms with van der Waals surface area (Å²) in [6.45, 7) is 0. The standard InChI is InChI=1S/C22H12O/c1-3-11-7-8-12-9-10-16-20-18(12)17(11)13(4-1)14-5-2-6-15(19(14)20)21-22(16)23-21/h1-10,21-22H. The van der Waals surface area contributed by atoms with Gasteiger partial charge in [-0.1, -0.05) is 60.7 Å². The summed E-state index contributed by atoms with van der Waals surface area (Å²) in [7, 11) is 0. The molecule has 106 valence electrons. The molecule has 5 aromatic carbocycles. The highest BCUT2D eigenvalue weighted by atomic mass is 16.6. The van der Waals surface area contributed by atoms with Crippen LogP contribution in [0.4, 0.5) is 0 Å². The van der Waals surface area contributed by atoms with E-state index in [1.807, 2.05) is 0 Å². The first-order chi connectivity index (χ1) is 11.4. The van der Waals surface area contributed by atoms with E-state index in [0.717, 1.165) is 0 Å². The summed E-state index contributed by atoms with van der Waals surface area (Å²) in [6, 6.07) is 22.4. The Bertz CT molecular complexity index is 1300. The first-order valence-electron chi connectivity index (χ1n) is 8.19. The van der Waals surface area contributed by atoms with Crippen LogP contribution >= 0.6 is 0 Å². The van der Waals surface area contributed by atoms with E-state index < -0.39 is 0 Å². The maximum Gasteiger partial charge on any atom is 0.114 e. The molecule has 0 N–H and O–H groups in total. The maximum atomic E-state index is 6.04. The monoisotopic (exact) mass is 292 g/mol. The summed E-state index contributed by atoms with van der Waals surface area (Å²) >= 11 is 0. The zero-order chi connectivity index (χ0) is 14.7. The number of hydrogen-bond donors (Lipinski definition) is 0. The molecule has 1 aliphatic carbocycles. The molecule has 2 unspecified atom stereocenters. The van der Waals surface area contributed by atoms with Gasteiger partial charge in [0, 0.05) is 0 Å². The molecule has 0 bridgehead atoms. The lowest BCUT2D eigenvalue weighted by Crippen LogP contribution is -1.98. The van der Waals surface area contributed by atoms with Crippen molar-refractivity contribution >= 4 is 43.1 Å². The molecule has 0 spiro atoms. The van der Waals surface area contributed by atoms with Crippen molar-refractivity contribution in [1.82, 2.24) is 0 Å². The smallest absolute Gasteiger partial charge is 0.114 e. The Morgan fingerprint density at radius 1 is 0.522 bits per heavy atom. The fourth-order valence-electron chi connectivity index (χ4n) is 4.84. The average molecular weight is 292 g/mol. The normalized spacial score (nSPS) is 21.7. The van der Waals surface area contributed by atoms with Crippen LogP contribution in [-0.2, 0) is 4.74 Å². The highest BCUT2D eigenvalue weighted by Gasteiger charge is 2.46. The molecule has 2 atom stereocenters. The number of ether oxygens (including phenoxy) is 1. The molecule has 0 amide bonds. The van der Waals surface area contributed by atoms with Crippen LogP contribution in [0.15, 0.2) is 60.7 Å². The molecule has 5 aromatic rings. The predicted octanol–water partition coefficient (Wildman–Crippen LogP) is 5.86. The van der Waals surface area contributed by atoms with Crippen molar-refractivity contribution in [3.05, 3.63) is 71.8 Å². The van der Waals surface area contributed by atoms with E-state index in [-0.39, 0.29) is 12.2 Å². The average Bonchev–Trinajstić information content (AvgIpc) is 3.41. The van der Waals surface area contributed by atoms with Gasteiger partial charge in [0.2, 0.25) is 0 Å². The predicted molar refractivity (Wildman–Crippen MR) is 94.2 cm³/mol. The van der Waals surface area contributed by atoms with Crippen LogP contribution in [0, 0.1) is 0 Å². The molecule has 1 fully saturated rings. The zero-order valence-electron chi connectivity index (χ0n) is 12.3. The van der Waals surface area contributed by atoms with Gasteiger partial charge < -0.3 is 4.74 Å². The van der Waals surface area contributed by atoms with Gasteiger partial charge in [0.25, 0.3) is 0 Å². The molecule has 1 saturated heterocycles. The Hall–Kier alpha value is -2.64. The second kappa shape index (κ2) is 3.32. The van der Waals surface area contributed by atoms with Crippen LogP contribution in [0.1, 0.15) is 23.3 Å². The molecule has 23 heavy (non-hydrogen) atoms. The summed E-state index contributed by atoms with van der Waals surface area (Å²) < 4.78 is 6.04. The van der Waals surface area contributed by atoms with Gasteiger partial charge in [-0.25, -0.2) is 0 Å². The highest BCUT2D eigenvalue weighted by Crippen LogP contribution is 2.60. The summed E-state index contributed by atoms with van der Waals surface area (Å²) in [6.07, 6.45) is 0.525. The lowest BCUT2D eigenvalue weighted by atomic mass is 9.81. The zero-order valence-corrected chi connectivity index (χ0v) is 12.3. The fraction of sp³-hybridized carbons (Fsp3) is 0.0909. The SMILES string of the molecule is c1cc2c3c(c1)c1cccc4ccc5ccc(c3c5c41)C1OC21. The van der Waals surface area contributed by atoms with Crippen LogP contribution in [0.3, 0.4) is 0 Å². The molecule has 2 aliphatic rings. The Balaban J connectivity index is 2.00. The Kier molecular flexibility index (Phi) is 1.58. The lowest BCUT2D eigenvalue weighted by molar-refractivity contribution is 0.380. The second-order valence-electron chi connectivity index (χ2n) is 6.84. The third-order valence-electron chi connectivity index (χ3n) is 5.80. The Morgan fingerprint density at radius 3 is 2.04 bits per heavy atom. The van der Waals surface area contributed by atoms with Crippen LogP contribution in [0.5, 0.6) is 0 Å². The molecule has 1 heteroatoms. The number of rotatable bonds is 0. The summed E-state index contributed by atoms with van der Waals surface area (Å²) in [4.78, 5) is 0. The third kappa shape index (κ3) is 1.08. The van der Waals surface area contributed by atoms with E-state index in [1.54, 1.807) is 0 Å². The van der Waals surface area contributed by atoms with Gasteiger partial charge in [0.15, 0.2) is 0 Å². The fourth-order valence-corrected chi connectivity index (χ4v) is 4.84. The van der Waals surface area contributed by atoms with E-state index in [2.05, 4.69) is 60.7 Å². The third-order valence-corrected chi connectivity index (χ3v) is 5.80. The van der Waals surface area contributed by atoms with Gasteiger partial charge in [-0.2, -0.15) is 0 Å². The minimum atomic E-state index is 0.262. The number of epoxide rings is 1. The molecule has 7 rings (SSSR count). The second-order valence-corrected chi connectivity index (χ2v) is 6.84. The molecule has 0 aromatic heterocycles. The van der Waals surface area contributed by atoms with E-state index in [4.69, 9.17) is 4.74 Å². The van der Waals surface area contributed by atoms with E-state index in [9.17, 15) is 0 Å². The highest BCUT2D eigenvalue weighted by molar-refractivity contribution is 6.35. The van der Waals surface area contributed by atoms with Crippen molar-refractivity contribution in [2.75, 3.05) is 0 Å². The summed E-state index contributed by atoms with van der Waals surface area (Å²) in [5.74, 6) is 0. The minimum absolute atomic E-state index is 0.262. The van der Waals surface area contributed by atoms with Crippen LogP contribution in [0.25, 0.3) is 43.1 Å². The largest absolute Gasteiger partial charge is 0.359 e. The molecule has 1 aliphatic heterocycles. The Morgan fingerprint density at radius 2 is 1.17 bits per heavy atom. The lowest BCUT2D eigenvalue weighted by Gasteiger charge is -2.20. The van der Waals surface area contributed by atoms with Crippen LogP contribution in [-0.4, -0.2) is 0 Å². The van der Waals surface area contributed by atoms with Gasteiger partial charge in [0.05, 0.1) is 0 Å². The van der Waals surface area contributed by atoms with Crippen molar-refractivity contribution in [3.8, 4) is 0 Å². The van der Waals surface area contributed by atoms with Crippen molar-refractivity contribution in [3.63, 3.8) is 0 Å². The van der Waals surface area contributed by atoms with Crippen molar-refractivity contribution in [2.24, 2.45) is 0 Å². The first-order valence-corrected chi connectivity index (χ1v) is 8.19. The number of benzene rings is 5. The van der Waals surface area contributed by atoms with E-state index >= 15 is 0 Å². The minimum Gasteiger partial charge on any atom is -0.359 e. The Labute approximate surface area is 132 Å². The van der Waals surface area contributed by atoms with Crippen LogP contribution in [0.2, 0.25) is 0 Å². The van der Waals surface area contributed by atoms with Gasteiger partial charge in [-0.05, 0) is 54.2 Å².